The van der Waals surface area contributed by atoms with Gasteiger partial charge in [0.1, 0.15) is 11.6 Å². The summed E-state index contributed by atoms with van der Waals surface area (Å²) in [6, 6.07) is 13.3. The predicted octanol–water partition coefficient (Wildman–Crippen LogP) is 5.02. The van der Waals surface area contributed by atoms with Crippen LogP contribution in [0.15, 0.2) is 42.5 Å². The third kappa shape index (κ3) is 4.37. The molecule has 2 heterocycles. The minimum Gasteiger partial charge on any atom is -0.494 e. The van der Waals surface area contributed by atoms with Crippen LogP contribution >= 0.6 is 0 Å². The third-order valence-electron chi connectivity index (χ3n) is 5.42. The van der Waals surface area contributed by atoms with Crippen LogP contribution in [0.2, 0.25) is 0 Å². The Hall–Kier alpha value is -3.15. The van der Waals surface area contributed by atoms with Crippen LogP contribution in [-0.2, 0) is 13.0 Å². The number of nitrogens with one attached hydrogen (secondary N) is 1. The van der Waals surface area contributed by atoms with E-state index in [0.717, 1.165) is 60.7 Å². The number of nitrogens with zero attached hydrogens (tertiary/aromatic N) is 3. The highest BCUT2D eigenvalue weighted by molar-refractivity contribution is 6.05. The van der Waals surface area contributed by atoms with E-state index in [1.807, 2.05) is 37.3 Å². The number of aromatic nitrogens is 3. The van der Waals surface area contributed by atoms with E-state index in [1.54, 1.807) is 12.1 Å². The van der Waals surface area contributed by atoms with Gasteiger partial charge in [-0.3, -0.25) is 4.79 Å². The molecule has 1 aliphatic rings. The largest absolute Gasteiger partial charge is 0.494 e. The fourth-order valence-electron chi connectivity index (χ4n) is 3.74. The Labute approximate surface area is 177 Å². The number of hydrogen-bond donors (Lipinski definition) is 1. The third-order valence-corrected chi connectivity index (χ3v) is 5.42. The summed E-state index contributed by atoms with van der Waals surface area (Å²) in [6.45, 7) is 5.62. The summed E-state index contributed by atoms with van der Waals surface area (Å²) in [4.78, 5) is 12.9. The molecule has 4 rings (SSSR count). The number of benzene rings is 2. The van der Waals surface area contributed by atoms with Crippen molar-refractivity contribution in [1.82, 2.24) is 14.8 Å². The van der Waals surface area contributed by atoms with Gasteiger partial charge in [0.15, 0.2) is 5.82 Å². The molecule has 0 saturated carbocycles. The Morgan fingerprint density at radius 1 is 1.13 bits per heavy atom. The van der Waals surface area contributed by atoms with Crippen molar-refractivity contribution >= 4 is 11.6 Å². The van der Waals surface area contributed by atoms with E-state index in [-0.39, 0.29) is 5.91 Å². The zero-order valence-corrected chi connectivity index (χ0v) is 17.6. The van der Waals surface area contributed by atoms with Gasteiger partial charge >= 0.3 is 0 Å². The Bertz CT molecular complexity index is 1040. The second kappa shape index (κ2) is 9.11. The standard InChI is InChI=1S/C24H28N4O2/c1-3-14-30-20-9-7-8-19(15-20)24(29)25-21-16-18(12-11-17(21)2)23-27-26-22-10-5-4-6-13-28(22)23/h7-9,11-12,15-16H,3-6,10,13-14H2,1-2H3,(H,25,29). The summed E-state index contributed by atoms with van der Waals surface area (Å²) < 4.78 is 7.87. The predicted molar refractivity (Wildman–Crippen MR) is 118 cm³/mol. The molecule has 6 nitrogen and oxygen atoms in total. The summed E-state index contributed by atoms with van der Waals surface area (Å²) in [5, 5.41) is 11.9. The minimum absolute atomic E-state index is 0.155. The van der Waals surface area contributed by atoms with Crippen molar-refractivity contribution in [3.05, 3.63) is 59.4 Å². The first kappa shape index (κ1) is 20.1. The number of rotatable bonds is 6. The highest BCUT2D eigenvalue weighted by Gasteiger charge is 2.17. The van der Waals surface area contributed by atoms with Crippen LogP contribution in [0, 0.1) is 6.92 Å². The van der Waals surface area contributed by atoms with E-state index in [1.165, 1.54) is 6.42 Å². The summed E-state index contributed by atoms with van der Waals surface area (Å²) in [7, 11) is 0. The molecule has 0 unspecified atom stereocenters. The molecular weight excluding hydrogens is 376 g/mol. The van der Waals surface area contributed by atoms with E-state index >= 15 is 0 Å². The van der Waals surface area contributed by atoms with E-state index in [2.05, 4.69) is 27.0 Å². The summed E-state index contributed by atoms with van der Waals surface area (Å²) in [5.74, 6) is 2.48. The van der Waals surface area contributed by atoms with E-state index in [0.29, 0.717) is 17.9 Å². The van der Waals surface area contributed by atoms with Crippen molar-refractivity contribution in [2.75, 3.05) is 11.9 Å². The fraction of sp³-hybridized carbons (Fsp3) is 0.375. The first-order chi connectivity index (χ1) is 14.7. The van der Waals surface area contributed by atoms with Crippen LogP contribution in [0.25, 0.3) is 11.4 Å². The Kier molecular flexibility index (Phi) is 6.12. The molecule has 1 aliphatic heterocycles. The topological polar surface area (TPSA) is 69.0 Å². The molecule has 156 valence electrons. The molecule has 3 aromatic rings. The number of anilines is 1. The van der Waals surface area contributed by atoms with Crippen molar-refractivity contribution in [3.63, 3.8) is 0 Å². The molecule has 0 radical (unpaired) electrons. The monoisotopic (exact) mass is 404 g/mol. The molecule has 1 aromatic heterocycles. The molecule has 1 amide bonds. The number of carbonyl (C=O) groups excluding carboxylic acids is 1. The molecule has 2 aromatic carbocycles. The second-order valence-electron chi connectivity index (χ2n) is 7.76. The molecule has 0 saturated heterocycles. The van der Waals surface area contributed by atoms with Crippen molar-refractivity contribution in [2.24, 2.45) is 0 Å². The van der Waals surface area contributed by atoms with Gasteiger partial charge in [-0.25, -0.2) is 0 Å². The average molecular weight is 405 g/mol. The van der Waals surface area contributed by atoms with Gasteiger partial charge in [0.05, 0.1) is 6.61 Å². The highest BCUT2D eigenvalue weighted by Crippen LogP contribution is 2.27. The van der Waals surface area contributed by atoms with Crippen molar-refractivity contribution < 1.29 is 9.53 Å². The van der Waals surface area contributed by atoms with E-state index in [9.17, 15) is 4.79 Å². The van der Waals surface area contributed by atoms with Crippen molar-refractivity contribution in [2.45, 2.75) is 52.5 Å². The maximum absolute atomic E-state index is 12.9. The maximum atomic E-state index is 12.9. The summed E-state index contributed by atoms with van der Waals surface area (Å²) in [6.07, 6.45) is 5.42. The lowest BCUT2D eigenvalue weighted by Crippen LogP contribution is -2.13. The molecule has 0 spiro atoms. The van der Waals surface area contributed by atoms with Gasteiger partial charge in [0.25, 0.3) is 5.91 Å². The number of ether oxygens (including phenoxy) is 1. The number of amides is 1. The van der Waals surface area contributed by atoms with Gasteiger partial charge in [-0.1, -0.05) is 31.5 Å². The maximum Gasteiger partial charge on any atom is 0.255 e. The quantitative estimate of drug-likeness (QED) is 0.626. The van der Waals surface area contributed by atoms with Crippen LogP contribution in [-0.4, -0.2) is 27.3 Å². The average Bonchev–Trinajstić information content (AvgIpc) is 3.02. The lowest BCUT2D eigenvalue weighted by atomic mass is 10.1. The smallest absolute Gasteiger partial charge is 0.255 e. The fourth-order valence-corrected chi connectivity index (χ4v) is 3.74. The minimum atomic E-state index is -0.155. The molecule has 0 fully saturated rings. The SMILES string of the molecule is CCCOc1cccc(C(=O)Nc2cc(-c3nnc4n3CCCCC4)ccc2C)c1. The van der Waals surface area contributed by atoms with E-state index < -0.39 is 0 Å². The normalized spacial score (nSPS) is 13.4. The van der Waals surface area contributed by atoms with Gasteiger partial charge in [0.2, 0.25) is 0 Å². The number of fused-ring (bicyclic) bond motifs is 1. The molecule has 30 heavy (non-hydrogen) atoms. The Morgan fingerprint density at radius 3 is 2.90 bits per heavy atom. The molecule has 6 heteroatoms. The van der Waals surface area contributed by atoms with Crippen LogP contribution in [0.5, 0.6) is 5.75 Å². The summed E-state index contributed by atoms with van der Waals surface area (Å²) >= 11 is 0. The van der Waals surface area contributed by atoms with Crippen LogP contribution in [0.4, 0.5) is 5.69 Å². The second-order valence-corrected chi connectivity index (χ2v) is 7.76. The molecule has 1 N–H and O–H groups in total. The first-order valence-electron chi connectivity index (χ1n) is 10.7. The van der Waals surface area contributed by atoms with E-state index in [4.69, 9.17) is 4.74 Å². The van der Waals surface area contributed by atoms with Crippen LogP contribution in [0.1, 0.15) is 54.4 Å². The van der Waals surface area contributed by atoms with Crippen molar-refractivity contribution in [3.8, 4) is 17.1 Å². The number of hydrogen-bond acceptors (Lipinski definition) is 4. The molecule has 0 atom stereocenters. The summed E-state index contributed by atoms with van der Waals surface area (Å²) in [5.41, 5.74) is 3.32. The highest BCUT2D eigenvalue weighted by atomic mass is 16.5. The van der Waals surface area contributed by atoms with Gasteiger partial charge in [-0.2, -0.15) is 0 Å². The van der Waals surface area contributed by atoms with Crippen molar-refractivity contribution in [1.29, 1.82) is 0 Å². The first-order valence-corrected chi connectivity index (χ1v) is 10.7. The Balaban J connectivity index is 1.57. The zero-order valence-electron chi connectivity index (χ0n) is 17.6. The van der Waals surface area contributed by atoms with Gasteiger partial charge < -0.3 is 14.6 Å². The lowest BCUT2D eigenvalue weighted by molar-refractivity contribution is 0.102. The molecular formula is C24H28N4O2. The lowest BCUT2D eigenvalue weighted by Gasteiger charge is -2.12. The molecule has 0 aliphatic carbocycles. The zero-order chi connectivity index (χ0) is 20.9. The van der Waals surface area contributed by atoms with Gasteiger partial charge in [-0.15, -0.1) is 10.2 Å². The number of aryl methyl sites for hydroxylation is 2. The Morgan fingerprint density at radius 2 is 2.03 bits per heavy atom. The van der Waals surface area contributed by atoms with Gasteiger partial charge in [-0.05, 0) is 56.0 Å². The van der Waals surface area contributed by atoms with Crippen LogP contribution in [0.3, 0.4) is 0 Å². The van der Waals surface area contributed by atoms with Gasteiger partial charge in [0, 0.05) is 29.8 Å². The van der Waals surface area contributed by atoms with Crippen LogP contribution < -0.4 is 10.1 Å². The number of carbonyl (C=O) groups is 1. The molecule has 0 bridgehead atoms.